The van der Waals surface area contributed by atoms with Gasteiger partial charge in [0.05, 0.1) is 32.5 Å². The van der Waals surface area contributed by atoms with Crippen LogP contribution in [0.4, 0.5) is 0 Å². The molecule has 0 radical (unpaired) electrons. The maximum absolute atomic E-state index is 8.93. The lowest BCUT2D eigenvalue weighted by atomic mass is 9.53. The lowest BCUT2D eigenvalue weighted by molar-refractivity contribution is -0.250. The summed E-state index contributed by atoms with van der Waals surface area (Å²) in [6.07, 6.45) is 12.2. The summed E-state index contributed by atoms with van der Waals surface area (Å²) >= 11 is 0. The third kappa shape index (κ3) is 6.69. The number of benzene rings is 2. The van der Waals surface area contributed by atoms with Crippen LogP contribution in [0.3, 0.4) is 0 Å². The van der Waals surface area contributed by atoms with Gasteiger partial charge in [-0.25, -0.2) is 0 Å². The molecule has 1 spiro atoms. The Balaban J connectivity index is 1.11. The molecule has 1 aliphatic heterocycles. The highest BCUT2D eigenvalue weighted by Gasteiger charge is 2.67. The van der Waals surface area contributed by atoms with E-state index in [0.29, 0.717) is 57.4 Å². The van der Waals surface area contributed by atoms with Crippen molar-refractivity contribution in [2.45, 2.75) is 102 Å². The predicted molar refractivity (Wildman–Crippen MR) is 167 cm³/mol. The first-order valence-electron chi connectivity index (χ1n) is 17.0. The number of rotatable bonds is 15. The summed E-state index contributed by atoms with van der Waals surface area (Å²) in [7, 11) is 0. The average molecular weight is 593 g/mol. The fourth-order valence-electron chi connectivity index (χ4n) is 8.86. The zero-order valence-electron chi connectivity index (χ0n) is 26.1. The van der Waals surface area contributed by atoms with Crippen LogP contribution in [-0.2, 0) is 32.0 Å². The molecule has 0 unspecified atom stereocenters. The van der Waals surface area contributed by atoms with Crippen LogP contribution in [0.1, 0.15) is 93.7 Å². The van der Waals surface area contributed by atoms with E-state index in [1.807, 2.05) is 6.07 Å². The lowest BCUT2D eigenvalue weighted by Crippen LogP contribution is -2.56. The van der Waals surface area contributed by atoms with Gasteiger partial charge in [0.2, 0.25) is 0 Å². The SMILES string of the molecule is C[C@]12C[C@H](OCCOCCCCCCCCO)[C@@H]3c4ccc(OCc5ccccc5)cc4CC[C@H]3[C@@H]1CCC21OCCO1. The summed E-state index contributed by atoms with van der Waals surface area (Å²) in [4.78, 5) is 0. The zero-order valence-corrected chi connectivity index (χ0v) is 26.1. The summed E-state index contributed by atoms with van der Waals surface area (Å²) in [5.74, 6) is 2.01. The molecule has 0 bridgehead atoms. The highest BCUT2D eigenvalue weighted by molar-refractivity contribution is 5.42. The Kier molecular flexibility index (Phi) is 10.4. The minimum Gasteiger partial charge on any atom is -0.489 e. The van der Waals surface area contributed by atoms with E-state index < -0.39 is 5.79 Å². The topological polar surface area (TPSA) is 66.4 Å². The molecule has 5 atom stereocenters. The van der Waals surface area contributed by atoms with Crippen molar-refractivity contribution in [3.05, 3.63) is 65.2 Å². The van der Waals surface area contributed by atoms with E-state index in [4.69, 9.17) is 28.8 Å². The number of hydrogen-bond donors (Lipinski definition) is 1. The van der Waals surface area contributed by atoms with E-state index in [9.17, 15) is 0 Å². The van der Waals surface area contributed by atoms with Gasteiger partial charge < -0.3 is 28.8 Å². The number of aliphatic hydroxyl groups is 1. The van der Waals surface area contributed by atoms with Crippen molar-refractivity contribution >= 4 is 0 Å². The summed E-state index contributed by atoms with van der Waals surface area (Å²) < 4.78 is 31.9. The van der Waals surface area contributed by atoms with Gasteiger partial charge in [0, 0.05) is 31.0 Å². The van der Waals surface area contributed by atoms with Crippen molar-refractivity contribution in [2.24, 2.45) is 17.3 Å². The number of ether oxygens (including phenoxy) is 5. The van der Waals surface area contributed by atoms with E-state index in [1.165, 1.54) is 48.8 Å². The molecule has 43 heavy (non-hydrogen) atoms. The molecule has 0 amide bonds. The number of fused-ring (bicyclic) bond motifs is 6. The van der Waals surface area contributed by atoms with E-state index in [0.717, 1.165) is 50.9 Å². The third-order valence-corrected chi connectivity index (χ3v) is 11.0. The first-order chi connectivity index (χ1) is 21.1. The molecule has 6 rings (SSSR count). The quantitative estimate of drug-likeness (QED) is 0.221. The van der Waals surface area contributed by atoms with Gasteiger partial charge in [0.15, 0.2) is 5.79 Å². The molecule has 3 fully saturated rings. The van der Waals surface area contributed by atoms with Crippen molar-refractivity contribution < 1.29 is 28.8 Å². The van der Waals surface area contributed by atoms with Crippen LogP contribution in [0.15, 0.2) is 48.5 Å². The van der Waals surface area contributed by atoms with Crippen molar-refractivity contribution in [1.82, 2.24) is 0 Å². The van der Waals surface area contributed by atoms with E-state index in [2.05, 4.69) is 49.4 Å². The average Bonchev–Trinajstić information content (AvgIpc) is 3.64. The molecule has 1 saturated heterocycles. The Morgan fingerprint density at radius 1 is 0.884 bits per heavy atom. The van der Waals surface area contributed by atoms with Gasteiger partial charge in [0.1, 0.15) is 12.4 Å². The Morgan fingerprint density at radius 3 is 2.49 bits per heavy atom. The second kappa shape index (κ2) is 14.4. The molecule has 236 valence electrons. The fraction of sp³-hybridized carbons (Fsp3) is 0.676. The summed E-state index contributed by atoms with van der Waals surface area (Å²) in [5.41, 5.74) is 4.02. The third-order valence-electron chi connectivity index (χ3n) is 11.0. The van der Waals surface area contributed by atoms with Crippen LogP contribution >= 0.6 is 0 Å². The highest BCUT2D eigenvalue weighted by Crippen LogP contribution is 2.66. The summed E-state index contributed by atoms with van der Waals surface area (Å²) in [5, 5.41) is 8.93. The highest BCUT2D eigenvalue weighted by atomic mass is 16.7. The predicted octanol–water partition coefficient (Wildman–Crippen LogP) is 7.21. The van der Waals surface area contributed by atoms with Gasteiger partial charge in [0.25, 0.3) is 0 Å². The normalized spacial score (nSPS) is 28.9. The Hall–Kier alpha value is -1.96. The molecule has 6 nitrogen and oxygen atoms in total. The van der Waals surface area contributed by atoms with Gasteiger partial charge >= 0.3 is 0 Å². The molecule has 3 aliphatic carbocycles. The van der Waals surface area contributed by atoms with Gasteiger partial charge in [-0.2, -0.15) is 0 Å². The fourth-order valence-corrected chi connectivity index (χ4v) is 8.86. The van der Waals surface area contributed by atoms with Crippen molar-refractivity contribution in [2.75, 3.05) is 39.6 Å². The van der Waals surface area contributed by atoms with Gasteiger partial charge in [-0.05, 0) is 79.2 Å². The second-order valence-electron chi connectivity index (χ2n) is 13.4. The minimum absolute atomic E-state index is 0.0392. The van der Waals surface area contributed by atoms with Crippen molar-refractivity contribution in [3.8, 4) is 5.75 Å². The molecule has 6 heteroatoms. The largest absolute Gasteiger partial charge is 0.489 e. The number of hydrogen-bond acceptors (Lipinski definition) is 6. The number of aliphatic hydroxyl groups excluding tert-OH is 1. The van der Waals surface area contributed by atoms with E-state index in [1.54, 1.807) is 0 Å². The molecule has 1 heterocycles. The number of unbranched alkanes of at least 4 members (excludes halogenated alkanes) is 5. The van der Waals surface area contributed by atoms with Crippen molar-refractivity contribution in [3.63, 3.8) is 0 Å². The summed E-state index contributed by atoms with van der Waals surface area (Å²) in [6.45, 7) is 6.77. The Morgan fingerprint density at radius 2 is 1.67 bits per heavy atom. The molecule has 2 aromatic carbocycles. The van der Waals surface area contributed by atoms with Gasteiger partial charge in [-0.15, -0.1) is 0 Å². The van der Waals surface area contributed by atoms with Gasteiger partial charge in [-0.3, -0.25) is 0 Å². The van der Waals surface area contributed by atoms with E-state index >= 15 is 0 Å². The van der Waals surface area contributed by atoms with Crippen molar-refractivity contribution in [1.29, 1.82) is 0 Å². The van der Waals surface area contributed by atoms with Gasteiger partial charge in [-0.1, -0.05) is 69.0 Å². The summed E-state index contributed by atoms with van der Waals surface area (Å²) in [6, 6.07) is 17.2. The zero-order chi connectivity index (χ0) is 29.5. The van der Waals surface area contributed by atoms with Crippen LogP contribution in [0.5, 0.6) is 5.75 Å². The Labute approximate surface area is 258 Å². The van der Waals surface area contributed by atoms with Crippen LogP contribution in [-0.4, -0.2) is 56.6 Å². The molecule has 2 aromatic rings. The molecule has 0 aromatic heterocycles. The number of aryl methyl sites for hydroxylation is 1. The Bertz CT molecular complexity index is 1150. The van der Waals surface area contributed by atoms with Crippen LogP contribution in [0.2, 0.25) is 0 Å². The standard InChI is InChI=1S/C37H52O6/c1-36-26-34(40-22-21-39-20-10-5-3-2-4-9-19-38)35-31-16-14-30(41-27-28-11-7-6-8-12-28)25-29(31)13-15-32(35)33(36)17-18-37(36)42-23-24-43-37/h6-8,11-12,14,16,25,32-35,38H,2-5,9-10,13,15,17-24,26-27H2,1H3/t32-,33-,34-,35+,36-/m0/s1. The molecule has 2 saturated carbocycles. The second-order valence-corrected chi connectivity index (χ2v) is 13.4. The monoisotopic (exact) mass is 592 g/mol. The lowest BCUT2D eigenvalue weighted by Gasteiger charge is -2.55. The maximum atomic E-state index is 8.93. The smallest absolute Gasteiger partial charge is 0.174 e. The first kappa shape index (κ1) is 31.0. The molecular weight excluding hydrogens is 540 g/mol. The molecule has 4 aliphatic rings. The molecule has 1 N–H and O–H groups in total. The first-order valence-corrected chi connectivity index (χ1v) is 17.0. The van der Waals surface area contributed by atoms with E-state index in [-0.39, 0.29) is 11.5 Å². The van der Waals surface area contributed by atoms with Crippen LogP contribution < -0.4 is 4.74 Å². The molecular formula is C37H52O6. The van der Waals surface area contributed by atoms with Crippen LogP contribution in [0.25, 0.3) is 0 Å². The maximum Gasteiger partial charge on any atom is 0.174 e. The van der Waals surface area contributed by atoms with Crippen LogP contribution in [0, 0.1) is 17.3 Å². The minimum atomic E-state index is -0.451.